The summed E-state index contributed by atoms with van der Waals surface area (Å²) in [7, 11) is 0. The molecule has 0 aliphatic heterocycles. The second kappa shape index (κ2) is 7.57. The maximum Gasteiger partial charge on any atom is 0.127 e. The van der Waals surface area contributed by atoms with Crippen LogP contribution in [0, 0.1) is 0 Å². The molecule has 142 valence electrons. The highest BCUT2D eigenvalue weighted by molar-refractivity contribution is 5.86. The fraction of sp³-hybridized carbons (Fsp3) is 0.111. The molecule has 0 heterocycles. The standard InChI is InChI=1S/C27H22O2/c28-15-16-29-27-14-13-21(17-25(27)19-7-2-1-3-8-19)23-11-6-12-24-22-10-5-4-9-20(22)18-26(23)24/h1-14,17,28H,15-16,18H2. The summed E-state index contributed by atoms with van der Waals surface area (Å²) in [4.78, 5) is 0. The van der Waals surface area contributed by atoms with Crippen molar-refractivity contribution in [2.75, 3.05) is 13.2 Å². The highest BCUT2D eigenvalue weighted by Gasteiger charge is 2.21. The van der Waals surface area contributed by atoms with E-state index in [-0.39, 0.29) is 13.2 Å². The van der Waals surface area contributed by atoms with Crippen LogP contribution in [0.1, 0.15) is 11.1 Å². The highest BCUT2D eigenvalue weighted by Crippen LogP contribution is 2.43. The van der Waals surface area contributed by atoms with Crippen LogP contribution in [0.15, 0.2) is 91.0 Å². The lowest BCUT2D eigenvalue weighted by Gasteiger charge is -2.15. The molecule has 0 amide bonds. The van der Waals surface area contributed by atoms with Gasteiger partial charge in [-0.05, 0) is 57.5 Å². The van der Waals surface area contributed by atoms with Crippen LogP contribution in [-0.4, -0.2) is 18.3 Å². The smallest absolute Gasteiger partial charge is 0.127 e. The first kappa shape index (κ1) is 17.7. The van der Waals surface area contributed by atoms with Crippen LogP contribution in [0.3, 0.4) is 0 Å². The molecule has 1 aliphatic carbocycles. The molecule has 0 saturated heterocycles. The van der Waals surface area contributed by atoms with Crippen molar-refractivity contribution >= 4 is 0 Å². The number of aliphatic hydroxyl groups excluding tert-OH is 1. The van der Waals surface area contributed by atoms with Crippen LogP contribution < -0.4 is 4.74 Å². The Morgan fingerprint density at radius 2 is 1.41 bits per heavy atom. The zero-order valence-corrected chi connectivity index (χ0v) is 16.1. The molecule has 0 spiro atoms. The average molecular weight is 378 g/mol. The van der Waals surface area contributed by atoms with E-state index in [9.17, 15) is 5.11 Å². The summed E-state index contributed by atoms with van der Waals surface area (Å²) in [5.74, 6) is 0.796. The lowest BCUT2D eigenvalue weighted by Crippen LogP contribution is -2.03. The quantitative estimate of drug-likeness (QED) is 0.409. The third-order valence-electron chi connectivity index (χ3n) is 5.57. The van der Waals surface area contributed by atoms with E-state index in [2.05, 4.69) is 66.7 Å². The molecule has 0 atom stereocenters. The van der Waals surface area contributed by atoms with Gasteiger partial charge in [-0.15, -0.1) is 0 Å². The van der Waals surface area contributed by atoms with Gasteiger partial charge in [0.15, 0.2) is 0 Å². The Hall–Kier alpha value is -3.36. The molecule has 1 N–H and O–H groups in total. The van der Waals surface area contributed by atoms with Crippen molar-refractivity contribution in [1.29, 1.82) is 0 Å². The minimum Gasteiger partial charge on any atom is -0.491 e. The molecule has 0 saturated carbocycles. The van der Waals surface area contributed by atoms with Crippen LogP contribution in [-0.2, 0) is 6.42 Å². The molecular weight excluding hydrogens is 356 g/mol. The van der Waals surface area contributed by atoms with E-state index in [1.54, 1.807) is 0 Å². The highest BCUT2D eigenvalue weighted by atomic mass is 16.5. The molecule has 0 radical (unpaired) electrons. The van der Waals surface area contributed by atoms with Gasteiger partial charge in [0.2, 0.25) is 0 Å². The first-order chi connectivity index (χ1) is 14.3. The Bertz CT molecular complexity index is 1160. The molecule has 0 unspecified atom stereocenters. The van der Waals surface area contributed by atoms with Crippen molar-refractivity contribution in [3.8, 4) is 39.1 Å². The minimum absolute atomic E-state index is 0.000430. The van der Waals surface area contributed by atoms with Gasteiger partial charge < -0.3 is 9.84 Å². The number of fused-ring (bicyclic) bond motifs is 3. The SMILES string of the molecule is OCCOc1ccc(-c2cccc3c2Cc2ccccc2-3)cc1-c1ccccc1. The first-order valence-electron chi connectivity index (χ1n) is 9.99. The minimum atomic E-state index is 0.000430. The number of ether oxygens (including phenoxy) is 1. The van der Waals surface area contributed by atoms with Crippen molar-refractivity contribution in [3.05, 3.63) is 102 Å². The summed E-state index contributed by atoms with van der Waals surface area (Å²) in [6.45, 7) is 0.287. The summed E-state index contributed by atoms with van der Waals surface area (Å²) in [5, 5.41) is 9.19. The summed E-state index contributed by atoms with van der Waals surface area (Å²) < 4.78 is 5.82. The molecule has 1 aliphatic rings. The van der Waals surface area contributed by atoms with E-state index < -0.39 is 0 Å². The largest absolute Gasteiger partial charge is 0.491 e. The van der Waals surface area contributed by atoms with E-state index in [0.717, 1.165) is 23.3 Å². The average Bonchev–Trinajstić information content (AvgIpc) is 3.17. The van der Waals surface area contributed by atoms with Crippen LogP contribution in [0.4, 0.5) is 0 Å². The van der Waals surface area contributed by atoms with Gasteiger partial charge in [-0.3, -0.25) is 0 Å². The topological polar surface area (TPSA) is 29.5 Å². The molecule has 29 heavy (non-hydrogen) atoms. The van der Waals surface area contributed by atoms with E-state index in [0.29, 0.717) is 0 Å². The van der Waals surface area contributed by atoms with E-state index in [1.165, 1.54) is 33.4 Å². The predicted octanol–water partition coefficient (Wildman–Crippen LogP) is 5.96. The number of hydrogen-bond acceptors (Lipinski definition) is 2. The van der Waals surface area contributed by atoms with Crippen molar-refractivity contribution in [3.63, 3.8) is 0 Å². The van der Waals surface area contributed by atoms with Crippen LogP contribution in [0.2, 0.25) is 0 Å². The van der Waals surface area contributed by atoms with E-state index >= 15 is 0 Å². The van der Waals surface area contributed by atoms with Gasteiger partial charge in [0, 0.05) is 5.56 Å². The third kappa shape index (κ3) is 3.22. The van der Waals surface area contributed by atoms with Gasteiger partial charge in [-0.25, -0.2) is 0 Å². The summed E-state index contributed by atoms with van der Waals surface area (Å²) >= 11 is 0. The second-order valence-corrected chi connectivity index (χ2v) is 7.31. The molecule has 0 fully saturated rings. The lowest BCUT2D eigenvalue weighted by molar-refractivity contribution is 0.202. The molecule has 5 rings (SSSR count). The first-order valence-corrected chi connectivity index (χ1v) is 9.99. The monoisotopic (exact) mass is 378 g/mol. The molecule has 0 aromatic heterocycles. The molecule has 2 heteroatoms. The van der Waals surface area contributed by atoms with Gasteiger partial charge in [0.1, 0.15) is 12.4 Å². The van der Waals surface area contributed by atoms with Gasteiger partial charge >= 0.3 is 0 Å². The lowest BCUT2D eigenvalue weighted by atomic mass is 9.93. The van der Waals surface area contributed by atoms with Crippen molar-refractivity contribution in [2.24, 2.45) is 0 Å². The van der Waals surface area contributed by atoms with Gasteiger partial charge in [0.25, 0.3) is 0 Å². The van der Waals surface area contributed by atoms with E-state index in [4.69, 9.17) is 4.74 Å². The predicted molar refractivity (Wildman–Crippen MR) is 118 cm³/mol. The fourth-order valence-electron chi connectivity index (χ4n) is 4.25. The Labute approximate surface area is 171 Å². The molecule has 4 aromatic rings. The maximum absolute atomic E-state index is 9.19. The maximum atomic E-state index is 9.19. The van der Waals surface area contributed by atoms with Gasteiger partial charge in [0.05, 0.1) is 6.61 Å². The van der Waals surface area contributed by atoms with Crippen molar-refractivity contribution < 1.29 is 9.84 Å². The third-order valence-corrected chi connectivity index (χ3v) is 5.57. The van der Waals surface area contributed by atoms with Gasteiger partial charge in [-0.1, -0.05) is 78.9 Å². The normalized spacial score (nSPS) is 11.8. The molecule has 0 bridgehead atoms. The molecule has 2 nitrogen and oxygen atoms in total. The molecule has 4 aromatic carbocycles. The summed E-state index contributed by atoms with van der Waals surface area (Å²) in [6, 6.07) is 31.9. The number of rotatable bonds is 5. The van der Waals surface area contributed by atoms with Crippen LogP contribution in [0.25, 0.3) is 33.4 Å². The summed E-state index contributed by atoms with van der Waals surface area (Å²) in [5.41, 5.74) is 10.1. The number of aliphatic hydroxyl groups is 1. The van der Waals surface area contributed by atoms with E-state index in [1.807, 2.05) is 24.3 Å². The van der Waals surface area contributed by atoms with Crippen molar-refractivity contribution in [1.82, 2.24) is 0 Å². The zero-order valence-electron chi connectivity index (χ0n) is 16.1. The Kier molecular flexibility index (Phi) is 4.63. The van der Waals surface area contributed by atoms with Crippen LogP contribution >= 0.6 is 0 Å². The fourth-order valence-corrected chi connectivity index (χ4v) is 4.25. The second-order valence-electron chi connectivity index (χ2n) is 7.31. The Balaban J connectivity index is 1.63. The van der Waals surface area contributed by atoms with Gasteiger partial charge in [-0.2, -0.15) is 0 Å². The van der Waals surface area contributed by atoms with Crippen molar-refractivity contribution in [2.45, 2.75) is 6.42 Å². The number of hydrogen-bond donors (Lipinski definition) is 1. The molecular formula is C27H22O2. The van der Waals surface area contributed by atoms with Crippen LogP contribution in [0.5, 0.6) is 5.75 Å². The Morgan fingerprint density at radius 3 is 2.28 bits per heavy atom. The Morgan fingerprint density at radius 1 is 0.655 bits per heavy atom. The zero-order chi connectivity index (χ0) is 19.6. The number of benzene rings is 4. The summed E-state index contributed by atoms with van der Waals surface area (Å²) in [6.07, 6.45) is 0.963.